The van der Waals surface area contributed by atoms with E-state index in [9.17, 15) is 40.7 Å². The molecule has 0 radical (unpaired) electrons. The Morgan fingerprint density at radius 3 is 2.17 bits per heavy atom. The van der Waals surface area contributed by atoms with Crippen LogP contribution in [0.4, 0.5) is 26.3 Å². The second-order valence-corrected chi connectivity index (χ2v) is 10.4. The number of halogens is 6. The zero-order valence-corrected chi connectivity index (χ0v) is 21.6. The number of ketones is 1. The molecule has 7 nitrogen and oxygen atoms in total. The summed E-state index contributed by atoms with van der Waals surface area (Å²) in [7, 11) is 0. The van der Waals surface area contributed by atoms with Gasteiger partial charge in [-0.05, 0) is 50.7 Å². The first-order chi connectivity index (χ1) is 18.8. The van der Waals surface area contributed by atoms with E-state index in [-0.39, 0.29) is 56.5 Å². The molecular weight excluding hydrogens is 542 g/mol. The standard InChI is InChI=1S/C27H30F6N4O3/c28-26(29,30)19-12-14-36(15-19)25(40)18-10-8-17(9-11-18)22(38)7-4-13-34-24(39)21-16-37(20-5-2-1-3-6-20)35-23(21)27(31,32)33/h1-3,5-6,16-19H,4,7-15H2,(H,34,39). The maximum absolute atomic E-state index is 13.5. The smallest absolute Gasteiger partial charge is 0.352 e. The molecular formula is C27H30F6N4O3. The number of rotatable bonds is 8. The van der Waals surface area contributed by atoms with Gasteiger partial charge >= 0.3 is 12.4 Å². The van der Waals surface area contributed by atoms with E-state index in [2.05, 4.69) is 10.4 Å². The maximum atomic E-state index is 13.5. The van der Waals surface area contributed by atoms with Gasteiger partial charge in [0, 0.05) is 44.1 Å². The van der Waals surface area contributed by atoms with Gasteiger partial charge in [-0.3, -0.25) is 14.4 Å². The quantitative estimate of drug-likeness (QED) is 0.349. The van der Waals surface area contributed by atoms with Gasteiger partial charge in [0.25, 0.3) is 5.91 Å². The van der Waals surface area contributed by atoms with Crippen molar-refractivity contribution in [2.75, 3.05) is 19.6 Å². The van der Waals surface area contributed by atoms with E-state index in [0.717, 1.165) is 10.9 Å². The van der Waals surface area contributed by atoms with Crippen LogP contribution in [0.2, 0.25) is 0 Å². The number of hydrogen-bond donors (Lipinski definition) is 1. The summed E-state index contributed by atoms with van der Waals surface area (Å²) in [5.41, 5.74) is -1.57. The number of carbonyl (C=O) groups excluding carboxylic acids is 3. The van der Waals surface area contributed by atoms with Crippen LogP contribution in [0.25, 0.3) is 5.69 Å². The monoisotopic (exact) mass is 572 g/mol. The van der Waals surface area contributed by atoms with Crippen LogP contribution in [0, 0.1) is 17.8 Å². The molecule has 13 heteroatoms. The average molecular weight is 573 g/mol. The molecule has 2 amide bonds. The van der Waals surface area contributed by atoms with Crippen molar-refractivity contribution in [2.45, 2.75) is 57.3 Å². The molecule has 2 aliphatic rings. The summed E-state index contributed by atoms with van der Waals surface area (Å²) >= 11 is 0. The number of carbonyl (C=O) groups is 3. The molecule has 1 aliphatic carbocycles. The molecule has 1 aromatic heterocycles. The Kier molecular flexibility index (Phi) is 8.89. The minimum Gasteiger partial charge on any atom is -0.352 e. The van der Waals surface area contributed by atoms with Crippen molar-refractivity contribution >= 4 is 17.6 Å². The zero-order valence-electron chi connectivity index (χ0n) is 21.6. The predicted octanol–water partition coefficient (Wildman–Crippen LogP) is 5.19. The van der Waals surface area contributed by atoms with E-state index in [4.69, 9.17) is 0 Å². The Morgan fingerprint density at radius 1 is 0.925 bits per heavy atom. The first kappa shape index (κ1) is 29.6. The van der Waals surface area contributed by atoms with Crippen molar-refractivity contribution in [3.63, 3.8) is 0 Å². The van der Waals surface area contributed by atoms with Crippen LogP contribution in [0.5, 0.6) is 0 Å². The van der Waals surface area contributed by atoms with Gasteiger partial charge in [-0.25, -0.2) is 4.68 Å². The van der Waals surface area contributed by atoms with Crippen molar-refractivity contribution < 1.29 is 40.7 Å². The number of hydrogen-bond acceptors (Lipinski definition) is 4. The van der Waals surface area contributed by atoms with E-state index >= 15 is 0 Å². The van der Waals surface area contributed by atoms with Gasteiger partial charge in [0.15, 0.2) is 5.69 Å². The molecule has 40 heavy (non-hydrogen) atoms. The third-order valence-corrected chi connectivity index (χ3v) is 7.63. The molecule has 1 unspecified atom stereocenters. The molecule has 1 atom stereocenters. The molecule has 218 valence electrons. The molecule has 0 bridgehead atoms. The normalized spacial score (nSPS) is 21.9. The SMILES string of the molecule is O=C(NCCCC(=O)C1CCC(C(=O)N2CCC(C(F)(F)F)C2)CC1)c1cn(-c2ccccc2)nc1C(F)(F)F. The fraction of sp³-hybridized carbons (Fsp3) is 0.556. The fourth-order valence-corrected chi connectivity index (χ4v) is 5.37. The summed E-state index contributed by atoms with van der Waals surface area (Å²) in [5, 5.41) is 5.98. The number of likely N-dealkylation sites (tertiary alicyclic amines) is 1. The number of alkyl halides is 6. The number of amides is 2. The molecule has 1 saturated carbocycles. The first-order valence-corrected chi connectivity index (χ1v) is 13.2. The molecule has 1 aromatic carbocycles. The van der Waals surface area contributed by atoms with Crippen LogP contribution >= 0.6 is 0 Å². The Labute approximate surface area is 226 Å². The van der Waals surface area contributed by atoms with Crippen LogP contribution in [-0.4, -0.2) is 58.1 Å². The lowest BCUT2D eigenvalue weighted by atomic mass is 9.78. The molecule has 0 spiro atoms. The summed E-state index contributed by atoms with van der Waals surface area (Å²) in [6, 6.07) is 8.07. The first-order valence-electron chi connectivity index (χ1n) is 13.2. The van der Waals surface area contributed by atoms with Crippen molar-refractivity contribution in [1.82, 2.24) is 20.0 Å². The summed E-state index contributed by atoms with van der Waals surface area (Å²) < 4.78 is 80.2. The van der Waals surface area contributed by atoms with Crippen LogP contribution in [0.15, 0.2) is 36.5 Å². The summed E-state index contributed by atoms with van der Waals surface area (Å²) in [6.45, 7) is -0.239. The largest absolute Gasteiger partial charge is 0.435 e. The Hall–Kier alpha value is -3.38. The molecule has 2 fully saturated rings. The van der Waals surface area contributed by atoms with Crippen LogP contribution in [0.3, 0.4) is 0 Å². The number of nitrogens with zero attached hydrogens (tertiary/aromatic N) is 3. The minimum absolute atomic E-state index is 0.0124. The summed E-state index contributed by atoms with van der Waals surface area (Å²) in [4.78, 5) is 39.1. The number of benzene rings is 1. The number of para-hydroxylation sites is 1. The molecule has 1 saturated heterocycles. The third-order valence-electron chi connectivity index (χ3n) is 7.63. The Balaban J connectivity index is 1.22. The minimum atomic E-state index is -4.84. The van der Waals surface area contributed by atoms with Crippen molar-refractivity contribution in [1.29, 1.82) is 0 Å². The van der Waals surface area contributed by atoms with Crippen molar-refractivity contribution in [3.05, 3.63) is 47.8 Å². The third kappa shape index (κ3) is 7.03. The van der Waals surface area contributed by atoms with Gasteiger partial charge in [0.05, 0.1) is 17.2 Å². The molecule has 2 aromatic rings. The lowest BCUT2D eigenvalue weighted by molar-refractivity contribution is -0.171. The second-order valence-electron chi connectivity index (χ2n) is 10.4. The lowest BCUT2D eigenvalue weighted by Crippen LogP contribution is -2.38. The van der Waals surface area contributed by atoms with Gasteiger partial charge in [-0.15, -0.1) is 0 Å². The predicted molar refractivity (Wildman–Crippen MR) is 131 cm³/mol. The van der Waals surface area contributed by atoms with E-state index in [1.54, 1.807) is 30.3 Å². The van der Waals surface area contributed by atoms with Crippen molar-refractivity contribution in [3.8, 4) is 5.69 Å². The van der Waals surface area contributed by atoms with E-state index < -0.39 is 41.4 Å². The van der Waals surface area contributed by atoms with Gasteiger partial charge in [0.1, 0.15) is 5.78 Å². The summed E-state index contributed by atoms with van der Waals surface area (Å²) in [5.74, 6) is -3.47. The highest BCUT2D eigenvalue weighted by atomic mass is 19.4. The number of nitrogens with one attached hydrogen (secondary N) is 1. The fourth-order valence-electron chi connectivity index (χ4n) is 5.37. The average Bonchev–Trinajstić information content (AvgIpc) is 3.60. The van der Waals surface area contributed by atoms with E-state index in [1.165, 1.54) is 4.90 Å². The van der Waals surface area contributed by atoms with E-state index in [1.807, 2.05) is 0 Å². The zero-order chi connectivity index (χ0) is 29.1. The Morgan fingerprint density at radius 2 is 1.57 bits per heavy atom. The summed E-state index contributed by atoms with van der Waals surface area (Å²) in [6.07, 6.45) is -6.15. The van der Waals surface area contributed by atoms with Gasteiger partial charge in [-0.1, -0.05) is 18.2 Å². The van der Waals surface area contributed by atoms with Gasteiger partial charge in [0.2, 0.25) is 5.91 Å². The van der Waals surface area contributed by atoms with Crippen LogP contribution < -0.4 is 5.32 Å². The number of aromatic nitrogens is 2. The highest BCUT2D eigenvalue weighted by molar-refractivity contribution is 5.95. The molecule has 4 rings (SSSR count). The Bertz CT molecular complexity index is 1200. The highest BCUT2D eigenvalue weighted by Gasteiger charge is 2.45. The lowest BCUT2D eigenvalue weighted by Gasteiger charge is -2.30. The maximum Gasteiger partial charge on any atom is 0.435 e. The van der Waals surface area contributed by atoms with Crippen LogP contribution in [-0.2, 0) is 15.8 Å². The van der Waals surface area contributed by atoms with E-state index in [0.29, 0.717) is 31.4 Å². The van der Waals surface area contributed by atoms with Crippen LogP contribution in [0.1, 0.15) is 61.0 Å². The van der Waals surface area contributed by atoms with Gasteiger partial charge < -0.3 is 10.2 Å². The van der Waals surface area contributed by atoms with Gasteiger partial charge in [-0.2, -0.15) is 31.4 Å². The topological polar surface area (TPSA) is 84.3 Å². The highest BCUT2D eigenvalue weighted by Crippen LogP contribution is 2.37. The molecule has 2 heterocycles. The molecule has 1 N–H and O–H groups in total. The second kappa shape index (κ2) is 12.0. The number of Topliss-reactive ketones (excluding diaryl/α,β-unsaturated/α-hetero) is 1. The van der Waals surface area contributed by atoms with Crippen molar-refractivity contribution in [2.24, 2.45) is 17.8 Å². The molecule has 1 aliphatic heterocycles.